The Morgan fingerprint density at radius 2 is 1.58 bits per heavy atom. The molecule has 1 fully saturated rings. The summed E-state index contributed by atoms with van der Waals surface area (Å²) in [7, 11) is 1.67. The van der Waals surface area contributed by atoms with Crippen LogP contribution in [-0.2, 0) is 11.3 Å². The molecular formula is C20H23ClN2O3. The molecular weight excluding hydrogens is 352 g/mol. The van der Waals surface area contributed by atoms with Crippen molar-refractivity contribution in [3.63, 3.8) is 0 Å². The number of piperazine rings is 1. The Bertz CT molecular complexity index is 711. The maximum Gasteiger partial charge on any atom is 0.260 e. The molecule has 3 rings (SSSR count). The minimum Gasteiger partial charge on any atom is -0.497 e. The van der Waals surface area contributed by atoms with Gasteiger partial charge >= 0.3 is 0 Å². The van der Waals surface area contributed by atoms with Crippen LogP contribution in [0.2, 0.25) is 5.02 Å². The minimum atomic E-state index is 0.0176. The quantitative estimate of drug-likeness (QED) is 0.779. The van der Waals surface area contributed by atoms with E-state index >= 15 is 0 Å². The number of nitrogens with zero attached hydrogens (tertiary/aromatic N) is 2. The molecule has 138 valence electrons. The lowest BCUT2D eigenvalue weighted by atomic mass is 10.2. The highest BCUT2D eigenvalue weighted by Gasteiger charge is 2.21. The predicted octanol–water partition coefficient (Wildman–Crippen LogP) is 3.07. The van der Waals surface area contributed by atoms with E-state index in [0.29, 0.717) is 10.8 Å². The third-order valence-electron chi connectivity index (χ3n) is 4.47. The molecule has 1 amide bonds. The van der Waals surface area contributed by atoms with Crippen LogP contribution >= 0.6 is 11.6 Å². The van der Waals surface area contributed by atoms with E-state index in [-0.39, 0.29) is 12.5 Å². The lowest BCUT2D eigenvalue weighted by Crippen LogP contribution is -2.49. The number of carbonyl (C=O) groups excluding carboxylic acids is 1. The van der Waals surface area contributed by atoms with Crippen LogP contribution in [0.1, 0.15) is 5.56 Å². The Balaban J connectivity index is 1.42. The van der Waals surface area contributed by atoms with E-state index in [1.165, 1.54) is 5.56 Å². The molecule has 6 heteroatoms. The van der Waals surface area contributed by atoms with Crippen LogP contribution in [0.5, 0.6) is 11.5 Å². The van der Waals surface area contributed by atoms with Gasteiger partial charge in [0.2, 0.25) is 0 Å². The van der Waals surface area contributed by atoms with E-state index in [9.17, 15) is 4.79 Å². The standard InChI is InChI=1S/C20H23ClN2O3/c1-25-18-6-2-16(3-7-18)14-22-10-12-23(13-11-22)20(24)15-26-19-8-4-17(21)5-9-19/h2-9H,10-15H2,1H3. The Morgan fingerprint density at radius 1 is 0.962 bits per heavy atom. The molecule has 2 aromatic rings. The second-order valence-corrected chi connectivity index (χ2v) is 6.68. The van der Waals surface area contributed by atoms with E-state index in [4.69, 9.17) is 21.1 Å². The van der Waals surface area contributed by atoms with Gasteiger partial charge in [-0.05, 0) is 42.0 Å². The summed E-state index contributed by atoms with van der Waals surface area (Å²) in [6, 6.07) is 15.1. The normalized spacial score (nSPS) is 14.9. The molecule has 1 aliphatic rings. The lowest BCUT2D eigenvalue weighted by Gasteiger charge is -2.34. The Labute approximate surface area is 159 Å². The van der Waals surface area contributed by atoms with Crippen molar-refractivity contribution >= 4 is 17.5 Å². The van der Waals surface area contributed by atoms with Gasteiger partial charge in [-0.25, -0.2) is 0 Å². The first-order chi connectivity index (χ1) is 12.6. The summed E-state index contributed by atoms with van der Waals surface area (Å²) in [6.45, 7) is 4.10. The number of halogens is 1. The fourth-order valence-electron chi connectivity index (χ4n) is 2.91. The van der Waals surface area contributed by atoms with Gasteiger partial charge in [-0.1, -0.05) is 23.7 Å². The summed E-state index contributed by atoms with van der Waals surface area (Å²) in [5, 5.41) is 0.650. The smallest absolute Gasteiger partial charge is 0.260 e. The van der Waals surface area contributed by atoms with E-state index in [1.54, 1.807) is 31.4 Å². The fraction of sp³-hybridized carbons (Fsp3) is 0.350. The third-order valence-corrected chi connectivity index (χ3v) is 4.72. The number of benzene rings is 2. The molecule has 1 saturated heterocycles. The minimum absolute atomic E-state index is 0.0176. The topological polar surface area (TPSA) is 42.0 Å². The fourth-order valence-corrected chi connectivity index (χ4v) is 3.04. The molecule has 0 atom stereocenters. The van der Waals surface area contributed by atoms with Gasteiger partial charge in [0.25, 0.3) is 5.91 Å². The zero-order valence-corrected chi connectivity index (χ0v) is 15.6. The summed E-state index contributed by atoms with van der Waals surface area (Å²) in [5.74, 6) is 1.54. The Hall–Kier alpha value is -2.24. The van der Waals surface area contributed by atoms with Crippen molar-refractivity contribution in [1.82, 2.24) is 9.80 Å². The maximum atomic E-state index is 12.3. The lowest BCUT2D eigenvalue weighted by molar-refractivity contribution is -0.135. The Kier molecular flexibility index (Phi) is 6.36. The molecule has 0 aliphatic carbocycles. The van der Waals surface area contributed by atoms with Crippen LogP contribution in [0.15, 0.2) is 48.5 Å². The van der Waals surface area contributed by atoms with Gasteiger partial charge in [-0.3, -0.25) is 9.69 Å². The van der Waals surface area contributed by atoms with Gasteiger partial charge in [0.15, 0.2) is 6.61 Å². The van der Waals surface area contributed by atoms with E-state index in [0.717, 1.165) is 38.5 Å². The zero-order chi connectivity index (χ0) is 18.4. The Morgan fingerprint density at radius 3 is 2.19 bits per heavy atom. The van der Waals surface area contributed by atoms with Crippen LogP contribution < -0.4 is 9.47 Å². The van der Waals surface area contributed by atoms with Gasteiger partial charge in [0.1, 0.15) is 11.5 Å². The summed E-state index contributed by atoms with van der Waals surface area (Å²) < 4.78 is 10.7. The number of ether oxygens (including phenoxy) is 2. The molecule has 1 heterocycles. The molecule has 1 aliphatic heterocycles. The first kappa shape index (κ1) is 18.5. The number of hydrogen-bond acceptors (Lipinski definition) is 4. The van der Waals surface area contributed by atoms with Crippen molar-refractivity contribution in [2.24, 2.45) is 0 Å². The highest BCUT2D eigenvalue weighted by molar-refractivity contribution is 6.30. The SMILES string of the molecule is COc1ccc(CN2CCN(C(=O)COc3ccc(Cl)cc3)CC2)cc1. The van der Waals surface area contributed by atoms with Crippen molar-refractivity contribution in [3.8, 4) is 11.5 Å². The summed E-state index contributed by atoms with van der Waals surface area (Å²) in [6.07, 6.45) is 0. The second-order valence-electron chi connectivity index (χ2n) is 6.25. The van der Waals surface area contributed by atoms with E-state index in [1.807, 2.05) is 17.0 Å². The van der Waals surface area contributed by atoms with Gasteiger partial charge in [0.05, 0.1) is 7.11 Å². The highest BCUT2D eigenvalue weighted by atomic mass is 35.5. The molecule has 0 spiro atoms. The van der Waals surface area contributed by atoms with Crippen molar-refractivity contribution in [2.75, 3.05) is 39.9 Å². The van der Waals surface area contributed by atoms with Crippen LogP contribution in [0.4, 0.5) is 0 Å². The molecule has 0 N–H and O–H groups in total. The predicted molar refractivity (Wildman–Crippen MR) is 102 cm³/mol. The zero-order valence-electron chi connectivity index (χ0n) is 14.9. The summed E-state index contributed by atoms with van der Waals surface area (Å²) in [5.41, 5.74) is 1.25. The summed E-state index contributed by atoms with van der Waals surface area (Å²) in [4.78, 5) is 16.5. The van der Waals surface area contributed by atoms with Gasteiger partial charge in [0, 0.05) is 37.7 Å². The average molecular weight is 375 g/mol. The molecule has 0 unspecified atom stereocenters. The van der Waals surface area contributed by atoms with Crippen molar-refractivity contribution < 1.29 is 14.3 Å². The van der Waals surface area contributed by atoms with Crippen molar-refractivity contribution in [3.05, 3.63) is 59.1 Å². The summed E-state index contributed by atoms with van der Waals surface area (Å²) >= 11 is 5.84. The van der Waals surface area contributed by atoms with Gasteiger partial charge in [-0.2, -0.15) is 0 Å². The van der Waals surface area contributed by atoms with Crippen LogP contribution in [0.25, 0.3) is 0 Å². The molecule has 0 aromatic heterocycles. The monoisotopic (exact) mass is 374 g/mol. The van der Waals surface area contributed by atoms with Crippen molar-refractivity contribution in [2.45, 2.75) is 6.54 Å². The molecule has 0 radical (unpaired) electrons. The van der Waals surface area contributed by atoms with Gasteiger partial charge in [-0.15, -0.1) is 0 Å². The maximum absolute atomic E-state index is 12.3. The molecule has 0 bridgehead atoms. The van der Waals surface area contributed by atoms with Crippen molar-refractivity contribution in [1.29, 1.82) is 0 Å². The number of carbonyl (C=O) groups is 1. The van der Waals surface area contributed by atoms with Crippen LogP contribution in [-0.4, -0.2) is 55.6 Å². The number of amides is 1. The molecule has 2 aromatic carbocycles. The average Bonchev–Trinajstić information content (AvgIpc) is 2.68. The number of rotatable bonds is 6. The van der Waals surface area contributed by atoms with E-state index in [2.05, 4.69) is 17.0 Å². The third kappa shape index (κ3) is 5.13. The number of hydrogen-bond donors (Lipinski definition) is 0. The van der Waals surface area contributed by atoms with Crippen LogP contribution in [0.3, 0.4) is 0 Å². The highest BCUT2D eigenvalue weighted by Crippen LogP contribution is 2.16. The molecule has 0 saturated carbocycles. The first-order valence-corrected chi connectivity index (χ1v) is 9.03. The molecule has 5 nitrogen and oxygen atoms in total. The number of methoxy groups -OCH3 is 1. The molecule has 26 heavy (non-hydrogen) atoms. The van der Waals surface area contributed by atoms with E-state index < -0.39 is 0 Å². The van der Waals surface area contributed by atoms with Crippen LogP contribution in [0, 0.1) is 0 Å². The van der Waals surface area contributed by atoms with Gasteiger partial charge < -0.3 is 14.4 Å². The second kappa shape index (κ2) is 8.92. The largest absolute Gasteiger partial charge is 0.497 e. The first-order valence-electron chi connectivity index (χ1n) is 8.65.